The van der Waals surface area contributed by atoms with Crippen LogP contribution >= 0.6 is 11.6 Å². The van der Waals surface area contributed by atoms with Gasteiger partial charge < -0.3 is 15.0 Å². The van der Waals surface area contributed by atoms with Gasteiger partial charge in [-0.3, -0.25) is 0 Å². The molecule has 10 heteroatoms. The van der Waals surface area contributed by atoms with Crippen LogP contribution in [0.1, 0.15) is 5.69 Å². The van der Waals surface area contributed by atoms with Crippen LogP contribution in [0.15, 0.2) is 35.2 Å². The largest absolute Gasteiger partial charge is 0.378 e. The van der Waals surface area contributed by atoms with Gasteiger partial charge in [-0.25, -0.2) is 18.1 Å². The summed E-state index contributed by atoms with van der Waals surface area (Å²) in [4.78, 5) is 11.2. The number of ether oxygens (including phenoxy) is 1. The second kappa shape index (κ2) is 8.83. The lowest BCUT2D eigenvalue weighted by atomic mass is 10.3. The minimum absolute atomic E-state index is 0.174. The van der Waals surface area contributed by atoms with Gasteiger partial charge in [-0.15, -0.1) is 0 Å². The summed E-state index contributed by atoms with van der Waals surface area (Å²) in [5.74, 6) is 1.32. The highest BCUT2D eigenvalue weighted by atomic mass is 35.5. The monoisotopic (exact) mass is 411 g/mol. The first-order valence-corrected chi connectivity index (χ1v) is 10.5. The Morgan fingerprint density at radius 1 is 1.15 bits per heavy atom. The molecule has 2 heterocycles. The summed E-state index contributed by atoms with van der Waals surface area (Å²) in [5, 5.41) is 3.56. The summed E-state index contributed by atoms with van der Waals surface area (Å²) in [5.41, 5.74) is 0.843. The summed E-state index contributed by atoms with van der Waals surface area (Å²) >= 11 is 5.79. The van der Waals surface area contributed by atoms with Crippen LogP contribution in [0.25, 0.3) is 0 Å². The van der Waals surface area contributed by atoms with Crippen molar-refractivity contribution in [2.24, 2.45) is 0 Å². The van der Waals surface area contributed by atoms with Gasteiger partial charge in [0, 0.05) is 43.0 Å². The third-order valence-electron chi connectivity index (χ3n) is 4.00. The van der Waals surface area contributed by atoms with Gasteiger partial charge in [-0.1, -0.05) is 11.6 Å². The summed E-state index contributed by atoms with van der Waals surface area (Å²) in [7, 11) is -3.58. The zero-order valence-electron chi connectivity index (χ0n) is 15.0. The van der Waals surface area contributed by atoms with Crippen molar-refractivity contribution in [2.75, 3.05) is 49.6 Å². The smallest absolute Gasteiger partial charge is 0.240 e. The molecule has 8 nitrogen and oxygen atoms in total. The minimum Gasteiger partial charge on any atom is -0.378 e. The molecule has 1 aliphatic heterocycles. The van der Waals surface area contributed by atoms with Gasteiger partial charge in [0.05, 0.1) is 18.1 Å². The highest BCUT2D eigenvalue weighted by molar-refractivity contribution is 7.89. The summed E-state index contributed by atoms with van der Waals surface area (Å²) in [6, 6.07) is 7.96. The van der Waals surface area contributed by atoms with E-state index in [1.807, 2.05) is 13.0 Å². The second-order valence-corrected chi connectivity index (χ2v) is 8.27. The molecular weight excluding hydrogens is 390 g/mol. The van der Waals surface area contributed by atoms with Crippen molar-refractivity contribution in [1.29, 1.82) is 0 Å². The van der Waals surface area contributed by atoms with Gasteiger partial charge in [0.25, 0.3) is 0 Å². The molecule has 1 aromatic carbocycles. The quantitative estimate of drug-likeness (QED) is 0.669. The predicted octanol–water partition coefficient (Wildman–Crippen LogP) is 1.67. The molecule has 3 rings (SSSR count). The van der Waals surface area contributed by atoms with E-state index in [0.29, 0.717) is 30.7 Å². The Morgan fingerprint density at radius 2 is 1.85 bits per heavy atom. The van der Waals surface area contributed by atoms with Crippen molar-refractivity contribution < 1.29 is 13.2 Å². The van der Waals surface area contributed by atoms with Crippen molar-refractivity contribution in [2.45, 2.75) is 11.8 Å². The Balaban J connectivity index is 1.55. The molecule has 0 unspecified atom stereocenters. The van der Waals surface area contributed by atoms with Crippen molar-refractivity contribution in [3.05, 3.63) is 41.0 Å². The van der Waals surface area contributed by atoms with E-state index >= 15 is 0 Å². The van der Waals surface area contributed by atoms with Crippen molar-refractivity contribution in [3.8, 4) is 0 Å². The van der Waals surface area contributed by atoms with Crippen molar-refractivity contribution in [3.63, 3.8) is 0 Å². The zero-order valence-corrected chi connectivity index (χ0v) is 16.6. The van der Waals surface area contributed by atoms with E-state index in [-0.39, 0.29) is 11.4 Å². The maximum absolute atomic E-state index is 12.2. The Labute approximate surface area is 164 Å². The van der Waals surface area contributed by atoms with Crippen LogP contribution in [0.4, 0.5) is 11.8 Å². The van der Waals surface area contributed by atoms with E-state index in [4.69, 9.17) is 16.3 Å². The van der Waals surface area contributed by atoms with Crippen LogP contribution in [0.5, 0.6) is 0 Å². The Kier molecular flexibility index (Phi) is 6.48. The van der Waals surface area contributed by atoms with E-state index < -0.39 is 10.0 Å². The highest BCUT2D eigenvalue weighted by Gasteiger charge is 2.15. The highest BCUT2D eigenvalue weighted by Crippen LogP contribution is 2.16. The van der Waals surface area contributed by atoms with Crippen LogP contribution in [0.3, 0.4) is 0 Å². The summed E-state index contributed by atoms with van der Waals surface area (Å²) in [6.45, 7) is 5.40. The average molecular weight is 412 g/mol. The molecule has 2 aromatic rings. The molecule has 1 aliphatic rings. The van der Waals surface area contributed by atoms with Gasteiger partial charge in [0.2, 0.25) is 16.0 Å². The number of nitrogens with zero attached hydrogens (tertiary/aromatic N) is 3. The molecule has 0 aliphatic carbocycles. The SMILES string of the molecule is Cc1cc(N2CCOCC2)nc(NCCNS(=O)(=O)c2ccc(Cl)cc2)n1. The lowest BCUT2D eigenvalue weighted by Gasteiger charge is -2.28. The molecule has 0 amide bonds. The zero-order chi connectivity index (χ0) is 19.3. The lowest BCUT2D eigenvalue weighted by Crippen LogP contribution is -2.37. The molecule has 27 heavy (non-hydrogen) atoms. The first-order chi connectivity index (χ1) is 12.9. The number of nitrogens with one attached hydrogen (secondary N) is 2. The first-order valence-electron chi connectivity index (χ1n) is 8.61. The molecule has 0 radical (unpaired) electrons. The number of benzene rings is 1. The molecular formula is C17H22ClN5O3S. The van der Waals surface area contributed by atoms with Crippen LogP contribution < -0.4 is 14.9 Å². The van der Waals surface area contributed by atoms with Gasteiger partial charge in [0.15, 0.2) is 0 Å². The van der Waals surface area contributed by atoms with Crippen molar-refractivity contribution >= 4 is 33.4 Å². The molecule has 0 bridgehead atoms. The number of rotatable bonds is 7. The van der Waals surface area contributed by atoms with Crippen LogP contribution in [0.2, 0.25) is 5.02 Å². The summed E-state index contributed by atoms with van der Waals surface area (Å²) < 4.78 is 32.4. The van der Waals surface area contributed by atoms with Gasteiger partial charge in [-0.2, -0.15) is 4.98 Å². The van der Waals surface area contributed by atoms with Gasteiger partial charge >= 0.3 is 0 Å². The fourth-order valence-corrected chi connectivity index (χ4v) is 3.80. The number of morpholine rings is 1. The Bertz CT molecular complexity index is 871. The molecule has 0 spiro atoms. The van der Waals surface area contributed by atoms with E-state index in [1.54, 1.807) is 12.1 Å². The standard InChI is InChI=1S/C17H22ClN5O3S/c1-13-12-16(23-8-10-26-11-9-23)22-17(21-13)19-6-7-20-27(24,25)15-4-2-14(18)3-5-15/h2-5,12,20H,6-11H2,1H3,(H,19,21,22). The second-order valence-electron chi connectivity index (χ2n) is 6.07. The fraction of sp³-hybridized carbons (Fsp3) is 0.412. The number of anilines is 2. The molecule has 2 N–H and O–H groups in total. The first kappa shape index (κ1) is 19.8. The number of hydrogen-bond acceptors (Lipinski definition) is 7. The normalized spacial score (nSPS) is 15.0. The third-order valence-corrected chi connectivity index (χ3v) is 5.73. The predicted molar refractivity (Wildman–Crippen MR) is 105 cm³/mol. The van der Waals surface area contributed by atoms with Crippen molar-refractivity contribution in [1.82, 2.24) is 14.7 Å². The lowest BCUT2D eigenvalue weighted by molar-refractivity contribution is 0.122. The topological polar surface area (TPSA) is 96.5 Å². The summed E-state index contributed by atoms with van der Waals surface area (Å²) in [6.07, 6.45) is 0. The molecule has 146 valence electrons. The maximum atomic E-state index is 12.2. The van der Waals surface area contributed by atoms with Gasteiger partial charge in [0.1, 0.15) is 5.82 Å². The van der Waals surface area contributed by atoms with Crippen LogP contribution in [-0.4, -0.2) is 57.8 Å². The van der Waals surface area contributed by atoms with Gasteiger partial charge in [-0.05, 0) is 31.2 Å². The number of hydrogen-bond donors (Lipinski definition) is 2. The number of sulfonamides is 1. The van der Waals surface area contributed by atoms with E-state index in [2.05, 4.69) is 24.9 Å². The minimum atomic E-state index is -3.58. The molecule has 1 saturated heterocycles. The van der Waals surface area contributed by atoms with E-state index in [1.165, 1.54) is 12.1 Å². The maximum Gasteiger partial charge on any atom is 0.240 e. The molecule has 0 saturated carbocycles. The number of halogens is 1. The third kappa shape index (κ3) is 5.52. The average Bonchev–Trinajstić information content (AvgIpc) is 2.66. The Morgan fingerprint density at radius 3 is 2.56 bits per heavy atom. The van der Waals surface area contributed by atoms with Crippen LogP contribution in [-0.2, 0) is 14.8 Å². The van der Waals surface area contributed by atoms with E-state index in [9.17, 15) is 8.42 Å². The number of aryl methyl sites for hydroxylation is 1. The fourth-order valence-electron chi connectivity index (χ4n) is 2.64. The molecule has 1 fully saturated rings. The Hall–Kier alpha value is -1.94. The van der Waals surface area contributed by atoms with E-state index in [0.717, 1.165) is 24.6 Å². The van der Waals surface area contributed by atoms with Crippen LogP contribution in [0, 0.1) is 6.92 Å². The molecule has 1 aromatic heterocycles. The molecule has 0 atom stereocenters. The number of aromatic nitrogens is 2.